The van der Waals surface area contributed by atoms with Gasteiger partial charge in [-0.05, 0) is 57.3 Å². The maximum atomic E-state index is 11.7. The first kappa shape index (κ1) is 11.5. The number of hydrogen-bond acceptors (Lipinski definition) is 2. The Morgan fingerprint density at radius 2 is 2.18 bits per heavy atom. The molecule has 0 aromatic heterocycles. The van der Waals surface area contributed by atoms with Gasteiger partial charge in [0.25, 0.3) is 0 Å². The monoisotopic (exact) mass is 238 g/mol. The number of rotatable bonds is 3. The third kappa shape index (κ3) is 1.79. The molecule has 3 heteroatoms. The van der Waals surface area contributed by atoms with Crippen molar-refractivity contribution in [1.82, 2.24) is 0 Å². The zero-order valence-corrected chi connectivity index (χ0v) is 10.5. The van der Waals surface area contributed by atoms with Gasteiger partial charge < -0.3 is 9.84 Å². The van der Waals surface area contributed by atoms with E-state index in [9.17, 15) is 9.90 Å². The summed E-state index contributed by atoms with van der Waals surface area (Å²) in [7, 11) is 0. The van der Waals surface area contributed by atoms with Crippen molar-refractivity contribution in [1.29, 1.82) is 0 Å². The highest BCUT2D eigenvalue weighted by Crippen LogP contribution is 2.58. The normalized spacial score (nSPS) is 48.8. The molecule has 1 heterocycles. The molecule has 3 fully saturated rings. The van der Waals surface area contributed by atoms with Gasteiger partial charge in [0.2, 0.25) is 0 Å². The molecule has 5 unspecified atom stereocenters. The Balaban J connectivity index is 1.75. The van der Waals surface area contributed by atoms with Crippen molar-refractivity contribution >= 4 is 5.97 Å². The van der Waals surface area contributed by atoms with E-state index in [-0.39, 0.29) is 6.10 Å². The number of aliphatic carboxylic acids is 1. The zero-order chi connectivity index (χ0) is 12.0. The summed E-state index contributed by atoms with van der Waals surface area (Å²) in [6.07, 6.45) is 7.84. The molecule has 1 saturated heterocycles. The van der Waals surface area contributed by atoms with E-state index in [1.807, 2.05) is 0 Å². The number of fused-ring (bicyclic) bond motifs is 2. The van der Waals surface area contributed by atoms with Crippen LogP contribution in [0.4, 0.5) is 0 Å². The molecule has 0 aromatic carbocycles. The first-order valence-electron chi connectivity index (χ1n) is 6.99. The third-order valence-corrected chi connectivity index (χ3v) is 5.31. The lowest BCUT2D eigenvalue weighted by Crippen LogP contribution is -2.39. The number of carbonyl (C=O) groups is 1. The molecule has 0 amide bonds. The van der Waals surface area contributed by atoms with E-state index in [2.05, 4.69) is 6.92 Å². The Labute approximate surface area is 103 Å². The summed E-state index contributed by atoms with van der Waals surface area (Å²) in [6, 6.07) is 0. The van der Waals surface area contributed by atoms with E-state index >= 15 is 0 Å². The number of carboxylic acids is 1. The van der Waals surface area contributed by atoms with Crippen LogP contribution in [-0.2, 0) is 9.53 Å². The smallest absolute Gasteiger partial charge is 0.310 e. The van der Waals surface area contributed by atoms with Crippen LogP contribution in [-0.4, -0.2) is 23.3 Å². The highest BCUT2D eigenvalue weighted by Gasteiger charge is 2.56. The first-order valence-corrected chi connectivity index (χ1v) is 6.99. The van der Waals surface area contributed by atoms with Gasteiger partial charge in [-0.1, -0.05) is 6.42 Å². The van der Waals surface area contributed by atoms with Crippen LogP contribution < -0.4 is 0 Å². The number of ether oxygens (including phenoxy) is 1. The van der Waals surface area contributed by atoms with Crippen molar-refractivity contribution in [3.63, 3.8) is 0 Å². The van der Waals surface area contributed by atoms with Gasteiger partial charge in [-0.3, -0.25) is 4.79 Å². The van der Waals surface area contributed by atoms with Crippen molar-refractivity contribution in [2.75, 3.05) is 0 Å². The molecule has 1 aliphatic heterocycles. The lowest BCUT2D eigenvalue weighted by atomic mass is 9.69. The second-order valence-electron chi connectivity index (χ2n) is 6.39. The summed E-state index contributed by atoms with van der Waals surface area (Å²) in [5.74, 6) is 0.535. The van der Waals surface area contributed by atoms with Crippen LogP contribution in [0.2, 0.25) is 0 Å². The van der Waals surface area contributed by atoms with Crippen LogP contribution in [0.25, 0.3) is 0 Å². The fraction of sp³-hybridized carbons (Fsp3) is 0.929. The maximum Gasteiger partial charge on any atom is 0.310 e. The summed E-state index contributed by atoms with van der Waals surface area (Å²) >= 11 is 0. The lowest BCUT2D eigenvalue weighted by molar-refractivity contribution is -0.155. The van der Waals surface area contributed by atoms with Gasteiger partial charge >= 0.3 is 5.97 Å². The fourth-order valence-electron chi connectivity index (χ4n) is 4.48. The Kier molecular flexibility index (Phi) is 2.69. The van der Waals surface area contributed by atoms with Crippen molar-refractivity contribution in [3.8, 4) is 0 Å². The Bertz CT molecular complexity index is 327. The standard InChI is InChI=1S/C14H22O3/c1-9-2-5-12(17-9)8-14(13(15)16)7-10-3-4-11(14)6-10/h9-12H,2-8H2,1H3,(H,15,16). The molecule has 3 aliphatic rings. The third-order valence-electron chi connectivity index (χ3n) is 5.31. The summed E-state index contributed by atoms with van der Waals surface area (Å²) in [4.78, 5) is 11.7. The summed E-state index contributed by atoms with van der Waals surface area (Å²) in [5.41, 5.74) is -0.447. The Morgan fingerprint density at radius 1 is 1.35 bits per heavy atom. The van der Waals surface area contributed by atoms with E-state index in [1.165, 1.54) is 6.42 Å². The SMILES string of the molecule is CC1CCC(CC2(C(=O)O)CC3CCC2C3)O1. The highest BCUT2D eigenvalue weighted by molar-refractivity contribution is 5.76. The molecule has 96 valence electrons. The molecule has 0 aromatic rings. The van der Waals surface area contributed by atoms with Gasteiger partial charge in [-0.25, -0.2) is 0 Å². The quantitative estimate of drug-likeness (QED) is 0.822. The second-order valence-corrected chi connectivity index (χ2v) is 6.39. The van der Waals surface area contributed by atoms with Crippen molar-refractivity contribution < 1.29 is 14.6 Å². The van der Waals surface area contributed by atoms with Crippen LogP contribution in [0.15, 0.2) is 0 Å². The predicted octanol–water partition coefficient (Wildman–Crippen LogP) is 2.84. The van der Waals surface area contributed by atoms with Gasteiger partial charge in [-0.15, -0.1) is 0 Å². The summed E-state index contributed by atoms with van der Waals surface area (Å²) in [6.45, 7) is 2.09. The zero-order valence-electron chi connectivity index (χ0n) is 10.5. The summed E-state index contributed by atoms with van der Waals surface area (Å²) < 4.78 is 5.84. The minimum atomic E-state index is -0.562. The fourth-order valence-corrected chi connectivity index (χ4v) is 4.48. The van der Waals surface area contributed by atoms with E-state index in [1.54, 1.807) is 0 Å². The van der Waals surface area contributed by atoms with Gasteiger partial charge in [0, 0.05) is 0 Å². The number of carboxylic acid groups (broad SMARTS) is 1. The molecule has 0 spiro atoms. The van der Waals surface area contributed by atoms with Crippen molar-refractivity contribution in [2.45, 2.75) is 64.1 Å². The first-order chi connectivity index (χ1) is 8.10. The minimum absolute atomic E-state index is 0.195. The van der Waals surface area contributed by atoms with Crippen molar-refractivity contribution in [3.05, 3.63) is 0 Å². The van der Waals surface area contributed by atoms with E-state index < -0.39 is 11.4 Å². The molecule has 2 saturated carbocycles. The molecular weight excluding hydrogens is 216 g/mol. The van der Waals surface area contributed by atoms with Crippen LogP contribution in [0.3, 0.4) is 0 Å². The van der Waals surface area contributed by atoms with E-state index in [0.29, 0.717) is 17.9 Å². The highest BCUT2D eigenvalue weighted by atomic mass is 16.5. The minimum Gasteiger partial charge on any atom is -0.481 e. The predicted molar refractivity (Wildman–Crippen MR) is 63.7 cm³/mol. The van der Waals surface area contributed by atoms with Crippen LogP contribution >= 0.6 is 0 Å². The molecule has 1 N–H and O–H groups in total. The largest absolute Gasteiger partial charge is 0.481 e. The maximum absolute atomic E-state index is 11.7. The summed E-state index contributed by atoms with van der Waals surface area (Å²) in [5, 5.41) is 9.66. The Morgan fingerprint density at radius 3 is 2.65 bits per heavy atom. The van der Waals surface area contributed by atoms with Gasteiger partial charge in [0.05, 0.1) is 17.6 Å². The molecule has 17 heavy (non-hydrogen) atoms. The average molecular weight is 238 g/mol. The van der Waals surface area contributed by atoms with Gasteiger partial charge in [0.1, 0.15) is 0 Å². The van der Waals surface area contributed by atoms with E-state index in [4.69, 9.17) is 4.74 Å². The molecule has 3 rings (SSSR count). The molecule has 2 aliphatic carbocycles. The van der Waals surface area contributed by atoms with Crippen LogP contribution in [0.5, 0.6) is 0 Å². The van der Waals surface area contributed by atoms with Crippen LogP contribution in [0.1, 0.15) is 51.9 Å². The van der Waals surface area contributed by atoms with Gasteiger partial charge in [-0.2, -0.15) is 0 Å². The topological polar surface area (TPSA) is 46.5 Å². The Hall–Kier alpha value is -0.570. The van der Waals surface area contributed by atoms with Crippen LogP contribution in [0, 0.1) is 17.3 Å². The number of hydrogen-bond donors (Lipinski definition) is 1. The molecule has 0 radical (unpaired) electrons. The van der Waals surface area contributed by atoms with Crippen molar-refractivity contribution in [2.24, 2.45) is 17.3 Å². The second kappa shape index (κ2) is 3.98. The lowest BCUT2D eigenvalue weighted by Gasteiger charge is -2.35. The molecule has 5 atom stereocenters. The van der Waals surface area contributed by atoms with E-state index in [0.717, 1.165) is 38.5 Å². The van der Waals surface area contributed by atoms with Gasteiger partial charge in [0.15, 0.2) is 0 Å². The molecule has 3 nitrogen and oxygen atoms in total. The average Bonchev–Trinajstić information content (AvgIpc) is 2.94. The molecule has 2 bridgehead atoms. The molecular formula is C14H22O3.